The molecule has 5 nitrogen and oxygen atoms in total. The number of sulfonamides is 1. The van der Waals surface area contributed by atoms with Crippen LogP contribution in [0.15, 0.2) is 41.3 Å². The summed E-state index contributed by atoms with van der Waals surface area (Å²) in [5.41, 5.74) is 0.659. The third kappa shape index (κ3) is 4.51. The monoisotopic (exact) mass is 375 g/mol. The van der Waals surface area contributed by atoms with Gasteiger partial charge in [0.05, 0.1) is 19.1 Å². The Kier molecular flexibility index (Phi) is 5.75. The van der Waals surface area contributed by atoms with Gasteiger partial charge in [-0.15, -0.1) is 0 Å². The van der Waals surface area contributed by atoms with Gasteiger partial charge in [-0.2, -0.15) is 0 Å². The van der Waals surface area contributed by atoms with Crippen molar-refractivity contribution < 1.29 is 17.9 Å². The van der Waals surface area contributed by atoms with E-state index in [-0.39, 0.29) is 11.4 Å². The molecule has 0 aliphatic heterocycles. The summed E-state index contributed by atoms with van der Waals surface area (Å²) >= 11 is 11.8. The smallest absolute Gasteiger partial charge is 0.241 e. The second-order valence-electron chi connectivity index (χ2n) is 4.62. The van der Waals surface area contributed by atoms with Crippen molar-refractivity contribution in [1.29, 1.82) is 0 Å². The summed E-state index contributed by atoms with van der Waals surface area (Å²) < 4.78 is 37.4. The summed E-state index contributed by atoms with van der Waals surface area (Å²) in [5.74, 6) is 0.786. The standard InChI is InChI=1S/C15H15Cl2NO4S/c1-21-14-4-3-13(8-15(14)22-2)23(19,20)18-9-10-5-11(16)7-12(17)6-10/h3-8,18H,9H2,1-2H3. The molecule has 2 rings (SSSR count). The molecule has 8 heteroatoms. The SMILES string of the molecule is COc1ccc(S(=O)(=O)NCc2cc(Cl)cc(Cl)c2)cc1OC. The van der Waals surface area contributed by atoms with Crippen LogP contribution in [-0.4, -0.2) is 22.6 Å². The molecule has 23 heavy (non-hydrogen) atoms. The van der Waals surface area contributed by atoms with Crippen LogP contribution in [0.25, 0.3) is 0 Å². The second-order valence-corrected chi connectivity index (χ2v) is 7.26. The Morgan fingerprint density at radius 3 is 2.13 bits per heavy atom. The van der Waals surface area contributed by atoms with Crippen LogP contribution in [0.5, 0.6) is 11.5 Å². The number of hydrogen-bond donors (Lipinski definition) is 1. The van der Waals surface area contributed by atoms with Gasteiger partial charge in [0.2, 0.25) is 10.0 Å². The first-order valence-electron chi connectivity index (χ1n) is 6.52. The number of nitrogens with one attached hydrogen (secondary N) is 1. The van der Waals surface area contributed by atoms with E-state index in [1.165, 1.54) is 32.4 Å². The molecule has 0 bridgehead atoms. The largest absolute Gasteiger partial charge is 0.493 e. The highest BCUT2D eigenvalue weighted by Gasteiger charge is 2.17. The minimum Gasteiger partial charge on any atom is -0.493 e. The maximum absolute atomic E-state index is 12.4. The minimum absolute atomic E-state index is 0.0664. The predicted molar refractivity (Wildman–Crippen MR) is 90.0 cm³/mol. The Bertz CT molecular complexity index is 789. The van der Waals surface area contributed by atoms with Crippen LogP contribution in [0.3, 0.4) is 0 Å². The molecule has 0 saturated carbocycles. The van der Waals surface area contributed by atoms with Crippen molar-refractivity contribution >= 4 is 33.2 Å². The lowest BCUT2D eigenvalue weighted by Gasteiger charge is -2.11. The van der Waals surface area contributed by atoms with Gasteiger partial charge in [-0.1, -0.05) is 23.2 Å². The molecule has 0 aromatic heterocycles. The van der Waals surface area contributed by atoms with Gasteiger partial charge in [0.25, 0.3) is 0 Å². The Balaban J connectivity index is 2.21. The molecule has 0 aliphatic rings. The van der Waals surface area contributed by atoms with Gasteiger partial charge in [0.15, 0.2) is 11.5 Å². The van der Waals surface area contributed by atoms with E-state index < -0.39 is 10.0 Å². The first kappa shape index (κ1) is 17.9. The molecule has 0 fully saturated rings. The van der Waals surface area contributed by atoms with Crippen LogP contribution in [0.2, 0.25) is 10.0 Å². The molecule has 1 N–H and O–H groups in total. The first-order valence-corrected chi connectivity index (χ1v) is 8.76. The van der Waals surface area contributed by atoms with Crippen LogP contribution in [0.1, 0.15) is 5.56 Å². The van der Waals surface area contributed by atoms with E-state index >= 15 is 0 Å². The van der Waals surface area contributed by atoms with Crippen LogP contribution in [-0.2, 0) is 16.6 Å². The van der Waals surface area contributed by atoms with Crippen molar-refractivity contribution in [2.45, 2.75) is 11.4 Å². The predicted octanol–water partition coefficient (Wildman–Crippen LogP) is 3.49. The van der Waals surface area contributed by atoms with E-state index in [2.05, 4.69) is 4.72 Å². The van der Waals surface area contributed by atoms with E-state index in [0.717, 1.165) is 0 Å². The van der Waals surface area contributed by atoms with E-state index in [0.29, 0.717) is 27.1 Å². The van der Waals surface area contributed by atoms with E-state index in [9.17, 15) is 8.42 Å². The van der Waals surface area contributed by atoms with Gasteiger partial charge in [-0.05, 0) is 35.9 Å². The number of halogens is 2. The summed E-state index contributed by atoms with van der Waals surface area (Å²) in [6, 6.07) is 9.23. The lowest BCUT2D eigenvalue weighted by Crippen LogP contribution is -2.23. The second kappa shape index (κ2) is 7.40. The molecule has 0 atom stereocenters. The number of hydrogen-bond acceptors (Lipinski definition) is 4. The van der Waals surface area contributed by atoms with Crippen LogP contribution >= 0.6 is 23.2 Å². The average Bonchev–Trinajstić information content (AvgIpc) is 2.51. The molecule has 2 aromatic rings. The van der Waals surface area contributed by atoms with Gasteiger partial charge in [0.1, 0.15) is 0 Å². The summed E-state index contributed by atoms with van der Waals surface area (Å²) in [5, 5.41) is 0.885. The molecule has 0 saturated heterocycles. The zero-order chi connectivity index (χ0) is 17.0. The van der Waals surface area contributed by atoms with Gasteiger partial charge in [-0.25, -0.2) is 13.1 Å². The van der Waals surface area contributed by atoms with Gasteiger partial charge >= 0.3 is 0 Å². The molecule has 2 aromatic carbocycles. The first-order chi connectivity index (χ1) is 10.9. The van der Waals surface area contributed by atoms with Crippen molar-refractivity contribution in [1.82, 2.24) is 4.72 Å². The normalized spacial score (nSPS) is 11.3. The van der Waals surface area contributed by atoms with Crippen LogP contribution < -0.4 is 14.2 Å². The summed E-state index contributed by atoms with van der Waals surface area (Å²) in [6.07, 6.45) is 0. The Morgan fingerprint density at radius 1 is 0.957 bits per heavy atom. The minimum atomic E-state index is -3.71. The Hall–Kier alpha value is -1.47. The van der Waals surface area contributed by atoms with E-state index in [1.54, 1.807) is 18.2 Å². The van der Waals surface area contributed by atoms with E-state index in [4.69, 9.17) is 32.7 Å². The summed E-state index contributed by atoms with van der Waals surface area (Å²) in [4.78, 5) is 0.0725. The molecule has 0 radical (unpaired) electrons. The van der Waals surface area contributed by atoms with Crippen LogP contribution in [0.4, 0.5) is 0 Å². The van der Waals surface area contributed by atoms with Crippen molar-refractivity contribution in [3.05, 3.63) is 52.0 Å². The van der Waals surface area contributed by atoms with E-state index in [1.807, 2.05) is 0 Å². The number of benzene rings is 2. The highest BCUT2D eigenvalue weighted by Crippen LogP contribution is 2.29. The van der Waals surface area contributed by atoms with Gasteiger partial charge in [0, 0.05) is 22.7 Å². The van der Waals surface area contributed by atoms with Crippen molar-refractivity contribution in [2.75, 3.05) is 14.2 Å². The highest BCUT2D eigenvalue weighted by atomic mass is 35.5. The average molecular weight is 376 g/mol. The van der Waals surface area contributed by atoms with Crippen LogP contribution in [0, 0.1) is 0 Å². The summed E-state index contributed by atoms with van der Waals surface area (Å²) in [7, 11) is -0.794. The lowest BCUT2D eigenvalue weighted by atomic mass is 10.2. The molecule has 0 spiro atoms. The number of ether oxygens (including phenoxy) is 2. The fourth-order valence-corrected chi connectivity index (χ4v) is 3.56. The molecule has 0 amide bonds. The summed E-state index contributed by atoms with van der Waals surface area (Å²) in [6.45, 7) is 0.0664. The zero-order valence-electron chi connectivity index (χ0n) is 12.5. The Labute approximate surface area is 145 Å². The maximum Gasteiger partial charge on any atom is 0.241 e. The van der Waals surface area contributed by atoms with Crippen molar-refractivity contribution in [3.8, 4) is 11.5 Å². The molecule has 0 unspecified atom stereocenters. The van der Waals surface area contributed by atoms with Gasteiger partial charge in [-0.3, -0.25) is 0 Å². The highest BCUT2D eigenvalue weighted by molar-refractivity contribution is 7.89. The Morgan fingerprint density at radius 2 is 1.57 bits per heavy atom. The number of rotatable bonds is 6. The molecule has 0 heterocycles. The fourth-order valence-electron chi connectivity index (χ4n) is 1.96. The number of methoxy groups -OCH3 is 2. The molecule has 0 aliphatic carbocycles. The quantitative estimate of drug-likeness (QED) is 0.838. The maximum atomic E-state index is 12.4. The van der Waals surface area contributed by atoms with Crippen molar-refractivity contribution in [3.63, 3.8) is 0 Å². The topological polar surface area (TPSA) is 64.6 Å². The molecular weight excluding hydrogens is 361 g/mol. The molecule has 124 valence electrons. The molecular formula is C15H15Cl2NO4S. The third-order valence-corrected chi connectivity index (χ3v) is 4.89. The third-order valence-electron chi connectivity index (χ3n) is 3.05. The van der Waals surface area contributed by atoms with Gasteiger partial charge < -0.3 is 9.47 Å². The lowest BCUT2D eigenvalue weighted by molar-refractivity contribution is 0.354. The fraction of sp³-hybridized carbons (Fsp3) is 0.200. The zero-order valence-corrected chi connectivity index (χ0v) is 14.8. The van der Waals surface area contributed by atoms with Crippen molar-refractivity contribution in [2.24, 2.45) is 0 Å².